The molecule has 0 bridgehead atoms. The predicted molar refractivity (Wildman–Crippen MR) is 106 cm³/mol. The van der Waals surface area contributed by atoms with E-state index in [1.807, 2.05) is 0 Å². The number of hydrogen-bond acceptors (Lipinski definition) is 6. The molecule has 28 heavy (non-hydrogen) atoms. The van der Waals surface area contributed by atoms with Crippen LogP contribution in [0.1, 0.15) is 45.2 Å². The first-order chi connectivity index (χ1) is 12.9. The molecule has 8 heteroatoms. The first kappa shape index (κ1) is 21.8. The second-order valence-corrected chi connectivity index (χ2v) is 7.85. The van der Waals surface area contributed by atoms with Crippen LogP contribution in [0.3, 0.4) is 0 Å². The quantitative estimate of drug-likeness (QED) is 0.460. The molecule has 0 saturated carbocycles. The third-order valence-electron chi connectivity index (χ3n) is 4.10. The largest absolute Gasteiger partial charge is 0.444 e. The fourth-order valence-electron chi connectivity index (χ4n) is 2.48. The van der Waals surface area contributed by atoms with Gasteiger partial charge in [0.05, 0.1) is 5.02 Å². The summed E-state index contributed by atoms with van der Waals surface area (Å²) in [5.74, 6) is -0.671. The van der Waals surface area contributed by atoms with Gasteiger partial charge in [-0.2, -0.15) is 0 Å². The van der Waals surface area contributed by atoms with E-state index >= 15 is 0 Å². The lowest BCUT2D eigenvalue weighted by atomic mass is 10.1. The van der Waals surface area contributed by atoms with Gasteiger partial charge < -0.3 is 19.2 Å². The Morgan fingerprint density at radius 3 is 2.43 bits per heavy atom. The summed E-state index contributed by atoms with van der Waals surface area (Å²) >= 11 is 6.24. The average molecular weight is 410 g/mol. The summed E-state index contributed by atoms with van der Waals surface area (Å²) in [6.45, 7) is 10.3. The Morgan fingerprint density at radius 1 is 1.21 bits per heavy atom. The van der Waals surface area contributed by atoms with Crippen molar-refractivity contribution in [2.75, 3.05) is 0 Å². The van der Waals surface area contributed by atoms with Crippen LogP contribution >= 0.6 is 11.6 Å². The number of rotatable bonds is 4. The van der Waals surface area contributed by atoms with Gasteiger partial charge in [-0.1, -0.05) is 18.5 Å². The van der Waals surface area contributed by atoms with Gasteiger partial charge >= 0.3 is 17.7 Å². The predicted octanol–water partition coefficient (Wildman–Crippen LogP) is 4.27. The van der Waals surface area contributed by atoms with E-state index in [1.165, 1.54) is 6.07 Å². The van der Waals surface area contributed by atoms with Crippen molar-refractivity contribution in [3.8, 4) is 5.75 Å². The summed E-state index contributed by atoms with van der Waals surface area (Å²) in [6.07, 6.45) is -0.436. The van der Waals surface area contributed by atoms with Crippen LogP contribution < -0.4 is 15.7 Å². The SMILES string of the molecule is CCC(NC(=O)OC(C)(C)C)C(=O)Oc1cc2oc(=O)c(C)c(C)c2cc1Cl. The number of amides is 1. The maximum absolute atomic E-state index is 12.5. The second kappa shape index (κ2) is 8.22. The molecule has 0 saturated heterocycles. The molecule has 0 radical (unpaired) electrons. The van der Waals surface area contributed by atoms with Crippen molar-refractivity contribution in [1.29, 1.82) is 0 Å². The highest BCUT2D eigenvalue weighted by atomic mass is 35.5. The number of carbonyl (C=O) groups is 2. The molecule has 0 aliphatic heterocycles. The molecule has 1 aromatic heterocycles. The zero-order valence-electron chi connectivity index (χ0n) is 16.8. The summed E-state index contributed by atoms with van der Waals surface area (Å²) in [4.78, 5) is 36.3. The zero-order chi connectivity index (χ0) is 21.2. The molecule has 0 aliphatic carbocycles. The number of fused-ring (bicyclic) bond motifs is 1. The van der Waals surface area contributed by atoms with Crippen LogP contribution in [0.4, 0.5) is 4.79 Å². The van der Waals surface area contributed by atoms with Gasteiger partial charge in [-0.3, -0.25) is 0 Å². The zero-order valence-corrected chi connectivity index (χ0v) is 17.5. The number of ether oxygens (including phenoxy) is 2. The molecule has 1 heterocycles. The number of benzene rings is 1. The first-order valence-corrected chi connectivity index (χ1v) is 9.25. The molecule has 2 aromatic rings. The summed E-state index contributed by atoms with van der Waals surface area (Å²) < 4.78 is 15.8. The molecule has 0 aliphatic rings. The summed E-state index contributed by atoms with van der Waals surface area (Å²) in [5, 5.41) is 3.31. The van der Waals surface area contributed by atoms with E-state index in [2.05, 4.69) is 5.32 Å². The highest BCUT2D eigenvalue weighted by molar-refractivity contribution is 6.33. The van der Waals surface area contributed by atoms with Crippen LogP contribution in [0.5, 0.6) is 5.75 Å². The molecule has 7 nitrogen and oxygen atoms in total. The molecule has 152 valence electrons. The standard InChI is InChI=1S/C20H24ClNO6/c1-7-14(22-19(25)28-20(4,5)6)18(24)27-16-9-15-12(8-13(16)21)10(2)11(3)17(23)26-15/h8-9,14H,7H2,1-6H3,(H,22,25). The van der Waals surface area contributed by atoms with Gasteiger partial charge in [-0.15, -0.1) is 0 Å². The minimum Gasteiger partial charge on any atom is -0.444 e. The van der Waals surface area contributed by atoms with Crippen LogP contribution in [-0.2, 0) is 9.53 Å². The van der Waals surface area contributed by atoms with Crippen molar-refractivity contribution in [2.45, 2.75) is 59.6 Å². The van der Waals surface area contributed by atoms with Gasteiger partial charge in [0.1, 0.15) is 17.2 Å². The number of hydrogen-bond donors (Lipinski definition) is 1. The first-order valence-electron chi connectivity index (χ1n) is 8.87. The fourth-order valence-corrected chi connectivity index (χ4v) is 2.68. The Morgan fingerprint density at radius 2 is 1.86 bits per heavy atom. The van der Waals surface area contributed by atoms with Crippen molar-refractivity contribution < 1.29 is 23.5 Å². The van der Waals surface area contributed by atoms with E-state index < -0.39 is 29.3 Å². The highest BCUT2D eigenvalue weighted by Gasteiger charge is 2.25. The van der Waals surface area contributed by atoms with Gasteiger partial charge in [-0.25, -0.2) is 14.4 Å². The lowest BCUT2D eigenvalue weighted by molar-refractivity contribution is -0.136. The molecule has 1 aromatic carbocycles. The van der Waals surface area contributed by atoms with E-state index in [9.17, 15) is 14.4 Å². The average Bonchev–Trinajstić information content (AvgIpc) is 2.58. The second-order valence-electron chi connectivity index (χ2n) is 7.45. The number of halogens is 1. The summed E-state index contributed by atoms with van der Waals surface area (Å²) in [5.41, 5.74) is 0.322. The van der Waals surface area contributed by atoms with Gasteiger partial charge in [0, 0.05) is 17.0 Å². The Kier molecular flexibility index (Phi) is 6.39. The molecular weight excluding hydrogens is 386 g/mol. The van der Waals surface area contributed by atoms with Crippen LogP contribution in [0.2, 0.25) is 5.02 Å². The molecular formula is C20H24ClNO6. The molecule has 2 rings (SSSR count). The molecule has 0 fully saturated rings. The van der Waals surface area contributed by atoms with Gasteiger partial charge in [-0.05, 0) is 52.7 Å². The smallest absolute Gasteiger partial charge is 0.408 e. The van der Waals surface area contributed by atoms with E-state index in [0.29, 0.717) is 10.9 Å². The van der Waals surface area contributed by atoms with E-state index in [1.54, 1.807) is 47.6 Å². The number of esters is 1. The third-order valence-corrected chi connectivity index (χ3v) is 4.40. The summed E-state index contributed by atoms with van der Waals surface area (Å²) in [6, 6.07) is 2.05. The Bertz CT molecular complexity index is 973. The number of carbonyl (C=O) groups excluding carboxylic acids is 2. The third kappa shape index (κ3) is 5.04. The number of alkyl carbamates (subject to hydrolysis) is 1. The van der Waals surface area contributed by atoms with Crippen molar-refractivity contribution in [3.05, 3.63) is 38.7 Å². The van der Waals surface area contributed by atoms with Crippen LogP contribution in [-0.4, -0.2) is 23.7 Å². The van der Waals surface area contributed by atoms with Crippen LogP contribution in [0.25, 0.3) is 11.0 Å². The van der Waals surface area contributed by atoms with Gasteiger partial charge in [0.25, 0.3) is 0 Å². The molecule has 1 amide bonds. The van der Waals surface area contributed by atoms with Crippen molar-refractivity contribution in [2.24, 2.45) is 0 Å². The van der Waals surface area contributed by atoms with E-state index in [0.717, 1.165) is 5.56 Å². The lowest BCUT2D eigenvalue weighted by Gasteiger charge is -2.22. The Balaban J connectivity index is 2.25. The number of nitrogens with one attached hydrogen (secondary N) is 1. The highest BCUT2D eigenvalue weighted by Crippen LogP contribution is 2.32. The lowest BCUT2D eigenvalue weighted by Crippen LogP contribution is -2.44. The normalized spacial score (nSPS) is 12.5. The Labute approximate surface area is 167 Å². The van der Waals surface area contributed by atoms with Gasteiger partial charge in [0.15, 0.2) is 5.75 Å². The van der Waals surface area contributed by atoms with Crippen molar-refractivity contribution in [1.82, 2.24) is 5.32 Å². The van der Waals surface area contributed by atoms with E-state index in [-0.39, 0.29) is 22.8 Å². The van der Waals surface area contributed by atoms with Crippen molar-refractivity contribution >= 4 is 34.6 Å². The van der Waals surface area contributed by atoms with Crippen LogP contribution in [0, 0.1) is 13.8 Å². The van der Waals surface area contributed by atoms with Gasteiger partial charge in [0.2, 0.25) is 0 Å². The molecule has 1 N–H and O–H groups in total. The van der Waals surface area contributed by atoms with E-state index in [4.69, 9.17) is 25.5 Å². The topological polar surface area (TPSA) is 94.8 Å². The summed E-state index contributed by atoms with van der Waals surface area (Å²) in [7, 11) is 0. The Hall–Kier alpha value is -2.54. The van der Waals surface area contributed by atoms with Crippen LogP contribution in [0.15, 0.2) is 21.3 Å². The monoisotopic (exact) mass is 409 g/mol. The van der Waals surface area contributed by atoms with Crippen molar-refractivity contribution in [3.63, 3.8) is 0 Å². The number of aryl methyl sites for hydroxylation is 1. The molecule has 1 unspecified atom stereocenters. The fraction of sp³-hybridized carbons (Fsp3) is 0.450. The maximum Gasteiger partial charge on any atom is 0.408 e. The minimum atomic E-state index is -0.923. The maximum atomic E-state index is 12.5. The molecule has 1 atom stereocenters. The minimum absolute atomic E-state index is 0.0370. The molecule has 0 spiro atoms.